The Hall–Kier alpha value is -1.43. The van der Waals surface area contributed by atoms with Crippen molar-refractivity contribution in [2.75, 3.05) is 26.4 Å². The summed E-state index contributed by atoms with van der Waals surface area (Å²) in [7, 11) is 0. The Morgan fingerprint density at radius 2 is 2.11 bits per heavy atom. The smallest absolute Gasteiger partial charge is 0.307 e. The van der Waals surface area contributed by atoms with E-state index in [2.05, 4.69) is 4.90 Å². The van der Waals surface area contributed by atoms with Gasteiger partial charge in [0.15, 0.2) is 0 Å². The van der Waals surface area contributed by atoms with E-state index in [1.165, 1.54) is 0 Å². The van der Waals surface area contributed by atoms with Gasteiger partial charge in [-0.15, -0.1) is 0 Å². The van der Waals surface area contributed by atoms with Crippen LogP contribution in [-0.2, 0) is 22.5 Å². The molecule has 1 aromatic carbocycles. The minimum absolute atomic E-state index is 0.00775. The molecule has 0 aliphatic carbocycles. The van der Waals surface area contributed by atoms with Crippen molar-refractivity contribution in [1.82, 2.24) is 4.90 Å². The summed E-state index contributed by atoms with van der Waals surface area (Å²) in [5.41, 5.74) is 1.84. The topological polar surface area (TPSA) is 70.0 Å². The maximum Gasteiger partial charge on any atom is 0.307 e. The quantitative estimate of drug-likeness (QED) is 0.811. The first-order valence-corrected chi connectivity index (χ1v) is 6.42. The molecule has 1 aliphatic heterocycles. The Morgan fingerprint density at radius 1 is 1.37 bits per heavy atom. The Balaban J connectivity index is 2.11. The molecule has 2 rings (SSSR count). The van der Waals surface area contributed by atoms with Gasteiger partial charge in [0, 0.05) is 13.1 Å². The lowest BCUT2D eigenvalue weighted by Gasteiger charge is -2.34. The number of hydrogen-bond acceptors (Lipinski definition) is 4. The van der Waals surface area contributed by atoms with E-state index in [9.17, 15) is 9.90 Å². The molecule has 19 heavy (non-hydrogen) atoms. The predicted octanol–water partition coefficient (Wildman–Crippen LogP) is 0.507. The molecule has 104 valence electrons. The van der Waals surface area contributed by atoms with Gasteiger partial charge in [0.2, 0.25) is 0 Å². The van der Waals surface area contributed by atoms with Crippen LogP contribution in [0.25, 0.3) is 0 Å². The van der Waals surface area contributed by atoms with Gasteiger partial charge in [-0.3, -0.25) is 9.69 Å². The maximum absolute atomic E-state index is 10.9. The number of morpholine rings is 1. The summed E-state index contributed by atoms with van der Waals surface area (Å²) in [6.45, 7) is 2.64. The van der Waals surface area contributed by atoms with E-state index in [-0.39, 0.29) is 19.1 Å². The number of carbonyl (C=O) groups is 1. The van der Waals surface area contributed by atoms with Gasteiger partial charge in [0.1, 0.15) is 0 Å². The zero-order valence-electron chi connectivity index (χ0n) is 10.8. The van der Waals surface area contributed by atoms with E-state index in [4.69, 9.17) is 9.84 Å². The lowest BCUT2D eigenvalue weighted by atomic mass is 10.0. The number of ether oxygens (including phenoxy) is 1. The number of aliphatic carboxylic acids is 1. The van der Waals surface area contributed by atoms with Crippen LogP contribution >= 0.6 is 0 Å². The molecule has 1 aliphatic rings. The Kier molecular flexibility index (Phi) is 4.90. The van der Waals surface area contributed by atoms with Crippen molar-refractivity contribution in [2.24, 2.45) is 0 Å². The highest BCUT2D eigenvalue weighted by Gasteiger charge is 2.23. The highest BCUT2D eigenvalue weighted by atomic mass is 16.5. The van der Waals surface area contributed by atoms with Crippen LogP contribution in [0, 0.1) is 0 Å². The van der Waals surface area contributed by atoms with Crippen molar-refractivity contribution in [3.05, 3.63) is 35.4 Å². The summed E-state index contributed by atoms with van der Waals surface area (Å²) in [5.74, 6) is -0.826. The summed E-state index contributed by atoms with van der Waals surface area (Å²) in [6, 6.07) is 7.55. The van der Waals surface area contributed by atoms with Crippen molar-refractivity contribution in [1.29, 1.82) is 0 Å². The third-order valence-corrected chi connectivity index (χ3v) is 3.39. The summed E-state index contributed by atoms with van der Waals surface area (Å²) in [4.78, 5) is 13.0. The van der Waals surface area contributed by atoms with Gasteiger partial charge in [-0.05, 0) is 11.1 Å². The molecule has 1 saturated heterocycles. The molecule has 1 fully saturated rings. The molecule has 0 amide bonds. The number of hydrogen-bond donors (Lipinski definition) is 2. The maximum atomic E-state index is 10.9. The zero-order valence-corrected chi connectivity index (χ0v) is 10.8. The summed E-state index contributed by atoms with van der Waals surface area (Å²) in [6.07, 6.45) is 0.0320. The Bertz CT molecular complexity index is 435. The van der Waals surface area contributed by atoms with Crippen molar-refractivity contribution in [3.8, 4) is 0 Å². The van der Waals surface area contributed by atoms with Crippen LogP contribution in [0.1, 0.15) is 11.1 Å². The molecule has 1 unspecified atom stereocenters. The highest BCUT2D eigenvalue weighted by molar-refractivity contribution is 5.70. The number of carboxylic acids is 1. The molecule has 5 nitrogen and oxygen atoms in total. The van der Waals surface area contributed by atoms with Crippen LogP contribution in [0.5, 0.6) is 0 Å². The monoisotopic (exact) mass is 265 g/mol. The summed E-state index contributed by atoms with van der Waals surface area (Å²) < 4.78 is 5.34. The van der Waals surface area contributed by atoms with E-state index in [0.717, 1.165) is 17.7 Å². The van der Waals surface area contributed by atoms with Crippen LogP contribution in [0.15, 0.2) is 24.3 Å². The highest BCUT2D eigenvalue weighted by Crippen LogP contribution is 2.16. The lowest BCUT2D eigenvalue weighted by molar-refractivity contribution is -0.136. The average molecular weight is 265 g/mol. The van der Waals surface area contributed by atoms with E-state index in [1.54, 1.807) is 0 Å². The standard InChI is InChI=1S/C14H19NO4/c16-9-13-10-19-6-5-15(13)8-12-4-2-1-3-11(12)7-14(17)18/h1-4,13,16H,5-10H2,(H,17,18). The average Bonchev–Trinajstić information content (AvgIpc) is 2.41. The number of nitrogens with zero attached hydrogens (tertiary/aromatic N) is 1. The summed E-state index contributed by atoms with van der Waals surface area (Å²) in [5, 5.41) is 18.3. The molecule has 1 heterocycles. The van der Waals surface area contributed by atoms with Crippen LogP contribution in [0.3, 0.4) is 0 Å². The normalized spacial score (nSPS) is 20.4. The van der Waals surface area contributed by atoms with Crippen LogP contribution in [-0.4, -0.2) is 53.5 Å². The van der Waals surface area contributed by atoms with Crippen molar-refractivity contribution in [3.63, 3.8) is 0 Å². The molecule has 0 bridgehead atoms. The van der Waals surface area contributed by atoms with Gasteiger partial charge < -0.3 is 14.9 Å². The first-order chi connectivity index (χ1) is 9.20. The third-order valence-electron chi connectivity index (χ3n) is 3.39. The number of benzene rings is 1. The first-order valence-electron chi connectivity index (χ1n) is 6.42. The van der Waals surface area contributed by atoms with Gasteiger partial charge in [-0.1, -0.05) is 24.3 Å². The van der Waals surface area contributed by atoms with Gasteiger partial charge in [-0.25, -0.2) is 0 Å². The number of carboxylic acid groups (broad SMARTS) is 1. The second-order valence-corrected chi connectivity index (χ2v) is 4.72. The SMILES string of the molecule is O=C(O)Cc1ccccc1CN1CCOCC1CO. The molecule has 0 saturated carbocycles. The Morgan fingerprint density at radius 3 is 2.79 bits per heavy atom. The molecule has 0 spiro atoms. The molecule has 5 heteroatoms. The van der Waals surface area contributed by atoms with Crippen LogP contribution in [0.2, 0.25) is 0 Å². The third kappa shape index (κ3) is 3.76. The Labute approximate surface area is 112 Å². The first kappa shape index (κ1) is 14.0. The minimum Gasteiger partial charge on any atom is -0.481 e. The van der Waals surface area contributed by atoms with Gasteiger partial charge >= 0.3 is 5.97 Å². The van der Waals surface area contributed by atoms with E-state index < -0.39 is 5.97 Å². The second-order valence-electron chi connectivity index (χ2n) is 4.72. The molecule has 1 aromatic rings. The largest absolute Gasteiger partial charge is 0.481 e. The van der Waals surface area contributed by atoms with Crippen LogP contribution in [0.4, 0.5) is 0 Å². The van der Waals surface area contributed by atoms with Gasteiger partial charge in [0.25, 0.3) is 0 Å². The fourth-order valence-corrected chi connectivity index (χ4v) is 2.33. The minimum atomic E-state index is -0.826. The predicted molar refractivity (Wildman–Crippen MR) is 69.9 cm³/mol. The van der Waals surface area contributed by atoms with Crippen molar-refractivity contribution < 1.29 is 19.7 Å². The van der Waals surface area contributed by atoms with Crippen molar-refractivity contribution in [2.45, 2.75) is 19.0 Å². The van der Waals surface area contributed by atoms with E-state index in [0.29, 0.717) is 19.8 Å². The molecule has 0 aromatic heterocycles. The number of aliphatic hydroxyl groups excluding tert-OH is 1. The van der Waals surface area contributed by atoms with E-state index in [1.807, 2.05) is 24.3 Å². The van der Waals surface area contributed by atoms with Crippen molar-refractivity contribution >= 4 is 5.97 Å². The lowest BCUT2D eigenvalue weighted by Crippen LogP contribution is -2.46. The number of aliphatic hydroxyl groups is 1. The fraction of sp³-hybridized carbons (Fsp3) is 0.500. The second kappa shape index (κ2) is 6.65. The summed E-state index contributed by atoms with van der Waals surface area (Å²) >= 11 is 0. The van der Waals surface area contributed by atoms with E-state index >= 15 is 0 Å². The molecular weight excluding hydrogens is 246 g/mol. The molecule has 1 atom stereocenters. The molecule has 0 radical (unpaired) electrons. The van der Waals surface area contributed by atoms with Gasteiger partial charge in [0.05, 0.1) is 32.3 Å². The number of rotatable bonds is 5. The van der Waals surface area contributed by atoms with Gasteiger partial charge in [-0.2, -0.15) is 0 Å². The molecule has 2 N–H and O–H groups in total. The fourth-order valence-electron chi connectivity index (χ4n) is 2.33. The molecular formula is C14H19NO4. The zero-order chi connectivity index (χ0) is 13.7. The van der Waals surface area contributed by atoms with Crippen LogP contribution < -0.4 is 0 Å².